The monoisotopic (exact) mass is 624 g/mol. The van der Waals surface area contributed by atoms with E-state index in [1.807, 2.05) is 0 Å². The van der Waals surface area contributed by atoms with Gasteiger partial charge in [0.25, 0.3) is 0 Å². The van der Waals surface area contributed by atoms with Crippen molar-refractivity contribution in [1.29, 1.82) is 0 Å². The molecule has 2 nitrogen and oxygen atoms in total. The van der Waals surface area contributed by atoms with Crippen LogP contribution in [0.1, 0.15) is 22.3 Å². The maximum absolute atomic E-state index is 2.61. The van der Waals surface area contributed by atoms with Gasteiger partial charge in [0, 0.05) is 45.0 Å². The summed E-state index contributed by atoms with van der Waals surface area (Å²) >= 11 is 0. The maximum atomic E-state index is 2.61. The Balaban J connectivity index is 1.58. The van der Waals surface area contributed by atoms with Crippen molar-refractivity contribution in [3.05, 3.63) is 222 Å². The first-order valence-corrected chi connectivity index (χ1v) is 16.9. The average molecular weight is 625 g/mol. The van der Waals surface area contributed by atoms with E-state index in [0.29, 0.717) is 0 Å². The third kappa shape index (κ3) is 4.91. The summed E-state index contributed by atoms with van der Waals surface area (Å²) in [5.74, 6) is 0. The average Bonchev–Trinajstić information content (AvgIpc) is 3.41. The molecule has 3 heteroatoms. The minimum absolute atomic E-state index is 0.226. The number of benzene rings is 7. The summed E-state index contributed by atoms with van der Waals surface area (Å²) in [6.45, 7) is -0.226. The zero-order valence-corrected chi connectivity index (χ0v) is 27.0. The summed E-state index contributed by atoms with van der Waals surface area (Å²) in [7, 11) is 0. The van der Waals surface area contributed by atoms with Gasteiger partial charge in [0.2, 0.25) is 0 Å². The molecule has 230 valence electrons. The van der Waals surface area contributed by atoms with Crippen molar-refractivity contribution in [1.82, 2.24) is 0 Å². The van der Waals surface area contributed by atoms with Crippen LogP contribution in [0.4, 0.5) is 11.4 Å². The van der Waals surface area contributed by atoms with Crippen molar-refractivity contribution in [2.75, 3.05) is 9.62 Å². The van der Waals surface area contributed by atoms with Crippen molar-refractivity contribution in [2.45, 2.75) is 0 Å². The van der Waals surface area contributed by atoms with Gasteiger partial charge in [-0.05, 0) is 39.8 Å². The van der Waals surface area contributed by atoms with Crippen LogP contribution in [-0.2, 0) is 0 Å². The lowest BCUT2D eigenvalue weighted by molar-refractivity contribution is 1.34. The van der Waals surface area contributed by atoms with Gasteiger partial charge >= 0.3 is 6.98 Å². The van der Waals surface area contributed by atoms with E-state index in [-0.39, 0.29) is 6.98 Å². The largest absolute Gasteiger partial charge is 0.420 e. The quantitative estimate of drug-likeness (QED) is 0.176. The van der Waals surface area contributed by atoms with Crippen LogP contribution in [-0.4, -0.2) is 6.98 Å². The molecule has 0 saturated carbocycles. The Hall–Kier alpha value is -6.32. The SMILES string of the molecule is c1ccc(B2N3C(c4ccccc4)=C(c4ccccc4)C(c4ccccc4)=C(c4ccccc4)N2c2ccccc2-c2ccccc23)cc1. The van der Waals surface area contributed by atoms with Crippen LogP contribution in [0, 0.1) is 0 Å². The third-order valence-corrected chi connectivity index (χ3v) is 9.63. The minimum atomic E-state index is -0.226. The maximum Gasteiger partial charge on any atom is 0.420 e. The fourth-order valence-electron chi connectivity index (χ4n) is 7.62. The van der Waals surface area contributed by atoms with Gasteiger partial charge in [0.15, 0.2) is 0 Å². The normalized spacial score (nSPS) is 13.8. The lowest BCUT2D eigenvalue weighted by Crippen LogP contribution is -2.58. The van der Waals surface area contributed by atoms with E-state index in [0.717, 1.165) is 22.5 Å². The number of hydrogen-bond acceptors (Lipinski definition) is 2. The molecule has 2 bridgehead atoms. The zero-order valence-electron chi connectivity index (χ0n) is 27.0. The van der Waals surface area contributed by atoms with Crippen LogP contribution in [0.3, 0.4) is 0 Å². The minimum Gasteiger partial charge on any atom is -0.360 e. The van der Waals surface area contributed by atoms with Gasteiger partial charge in [-0.2, -0.15) is 0 Å². The topological polar surface area (TPSA) is 6.48 Å². The summed E-state index contributed by atoms with van der Waals surface area (Å²) in [6, 6.07) is 72.7. The third-order valence-electron chi connectivity index (χ3n) is 9.63. The highest BCUT2D eigenvalue weighted by Gasteiger charge is 2.46. The first-order valence-electron chi connectivity index (χ1n) is 16.9. The van der Waals surface area contributed by atoms with E-state index in [1.165, 1.54) is 50.2 Å². The molecule has 0 N–H and O–H groups in total. The molecule has 0 atom stereocenters. The Morgan fingerprint density at radius 2 is 0.592 bits per heavy atom. The Morgan fingerprint density at radius 3 is 0.980 bits per heavy atom. The Bertz CT molecular complexity index is 2170. The number of rotatable bonds is 5. The fourth-order valence-corrected chi connectivity index (χ4v) is 7.62. The summed E-state index contributed by atoms with van der Waals surface area (Å²) in [6.07, 6.45) is 0. The highest BCUT2D eigenvalue weighted by molar-refractivity contribution is 6.85. The molecule has 9 rings (SSSR count). The van der Waals surface area contributed by atoms with Gasteiger partial charge in [-0.15, -0.1) is 0 Å². The molecule has 49 heavy (non-hydrogen) atoms. The molecule has 0 spiro atoms. The van der Waals surface area contributed by atoms with Crippen LogP contribution in [0.5, 0.6) is 0 Å². The number of para-hydroxylation sites is 2. The fraction of sp³-hybridized carbons (Fsp3) is 0. The van der Waals surface area contributed by atoms with Crippen LogP contribution in [0.2, 0.25) is 0 Å². The second kappa shape index (κ2) is 12.4. The van der Waals surface area contributed by atoms with E-state index >= 15 is 0 Å². The lowest BCUT2D eigenvalue weighted by Gasteiger charge is -2.39. The van der Waals surface area contributed by atoms with Crippen molar-refractivity contribution in [3.63, 3.8) is 0 Å². The molecule has 7 aromatic carbocycles. The van der Waals surface area contributed by atoms with Gasteiger partial charge in [-0.1, -0.05) is 188 Å². The number of anilines is 2. The molecule has 0 aliphatic carbocycles. The van der Waals surface area contributed by atoms with Crippen LogP contribution < -0.4 is 15.1 Å². The van der Waals surface area contributed by atoms with E-state index in [4.69, 9.17) is 0 Å². The van der Waals surface area contributed by atoms with Gasteiger partial charge in [0.05, 0.1) is 0 Å². The van der Waals surface area contributed by atoms with Gasteiger partial charge in [-0.25, -0.2) is 0 Å². The molecule has 0 fully saturated rings. The highest BCUT2D eigenvalue weighted by Crippen LogP contribution is 2.54. The standard InChI is InChI=1S/C46H33BN2/c1-6-20-34(21-7-1)43-44(35-22-8-2-9-23-35)46(37-26-12-4-13-27-37)49-42-33-19-17-31-40(42)39-30-16-18-32-41(39)48(45(43)36-24-10-3-11-25-36)47(49)38-28-14-5-15-29-38/h1-33H. The molecule has 7 aromatic rings. The molecular weight excluding hydrogens is 591 g/mol. The van der Waals surface area contributed by atoms with Crippen LogP contribution in [0.25, 0.3) is 33.7 Å². The number of nitrogens with zero attached hydrogens (tertiary/aromatic N) is 2. The zero-order chi connectivity index (χ0) is 32.6. The molecule has 0 aromatic heterocycles. The molecule has 0 radical (unpaired) electrons. The lowest BCUT2D eigenvalue weighted by atomic mass is 9.62. The second-order valence-corrected chi connectivity index (χ2v) is 12.5. The van der Waals surface area contributed by atoms with E-state index in [9.17, 15) is 0 Å². The van der Waals surface area contributed by atoms with Crippen molar-refractivity contribution < 1.29 is 0 Å². The van der Waals surface area contributed by atoms with Crippen molar-refractivity contribution in [2.24, 2.45) is 0 Å². The number of allylic oxidation sites excluding steroid dienone is 2. The number of hydrogen-bond donors (Lipinski definition) is 0. The Labute approximate surface area is 288 Å². The molecular formula is C46H33BN2. The van der Waals surface area contributed by atoms with Crippen molar-refractivity contribution in [3.8, 4) is 11.1 Å². The van der Waals surface area contributed by atoms with Crippen molar-refractivity contribution >= 4 is 46.4 Å². The predicted molar refractivity (Wildman–Crippen MR) is 208 cm³/mol. The molecule has 2 aliphatic heterocycles. The molecule has 2 heterocycles. The summed E-state index contributed by atoms with van der Waals surface area (Å²) in [5, 5.41) is 0. The molecule has 0 saturated heterocycles. The Kier molecular flexibility index (Phi) is 7.29. The predicted octanol–water partition coefficient (Wildman–Crippen LogP) is 10.5. The van der Waals surface area contributed by atoms with E-state index in [1.54, 1.807) is 0 Å². The smallest absolute Gasteiger partial charge is 0.360 e. The van der Waals surface area contributed by atoms with Gasteiger partial charge in [-0.3, -0.25) is 0 Å². The van der Waals surface area contributed by atoms with Gasteiger partial charge < -0.3 is 9.62 Å². The summed E-state index contributed by atoms with van der Waals surface area (Å²) < 4.78 is 0. The molecule has 2 aliphatic rings. The molecule has 0 unspecified atom stereocenters. The number of fused-ring (bicyclic) bond motifs is 7. The summed E-state index contributed by atoms with van der Waals surface area (Å²) in [4.78, 5) is 5.22. The van der Waals surface area contributed by atoms with E-state index in [2.05, 4.69) is 210 Å². The first kappa shape index (κ1) is 28.9. The highest BCUT2D eigenvalue weighted by atomic mass is 15.3. The first-order chi connectivity index (χ1) is 24.4. The van der Waals surface area contributed by atoms with E-state index < -0.39 is 0 Å². The Morgan fingerprint density at radius 1 is 0.286 bits per heavy atom. The summed E-state index contributed by atoms with van der Waals surface area (Å²) in [5.41, 5.74) is 15.3. The van der Waals surface area contributed by atoms with Gasteiger partial charge in [0.1, 0.15) is 0 Å². The molecule has 0 amide bonds. The van der Waals surface area contributed by atoms with Crippen LogP contribution >= 0.6 is 0 Å². The second-order valence-electron chi connectivity index (χ2n) is 12.5. The van der Waals surface area contributed by atoms with Crippen LogP contribution in [0.15, 0.2) is 200 Å².